The minimum Gasteiger partial charge on any atom is -0.366 e. The molecule has 6 nitrogen and oxygen atoms in total. The maximum Gasteiger partial charge on any atom is 0.226 e. The summed E-state index contributed by atoms with van der Waals surface area (Å²) in [5.74, 6) is 1.44. The van der Waals surface area contributed by atoms with Crippen molar-refractivity contribution in [3.63, 3.8) is 0 Å². The molecule has 0 aromatic carbocycles. The second kappa shape index (κ2) is 5.66. The van der Waals surface area contributed by atoms with E-state index in [0.717, 1.165) is 30.7 Å². The predicted molar refractivity (Wildman–Crippen MR) is 73.8 cm³/mol. The van der Waals surface area contributed by atoms with Gasteiger partial charge in [-0.25, -0.2) is 4.98 Å². The molecule has 0 saturated carbocycles. The van der Waals surface area contributed by atoms with Gasteiger partial charge in [-0.2, -0.15) is 9.97 Å². The van der Waals surface area contributed by atoms with Crippen LogP contribution in [0.2, 0.25) is 0 Å². The van der Waals surface area contributed by atoms with Crippen LogP contribution in [-0.4, -0.2) is 32.5 Å². The van der Waals surface area contributed by atoms with Gasteiger partial charge in [0.15, 0.2) is 11.5 Å². The summed E-state index contributed by atoms with van der Waals surface area (Å²) in [5.41, 5.74) is 1.55. The summed E-state index contributed by atoms with van der Waals surface area (Å²) >= 11 is 0. The number of aromatic amines is 1. The lowest BCUT2D eigenvalue weighted by Crippen LogP contribution is -2.16. The van der Waals surface area contributed by atoms with Gasteiger partial charge in [0, 0.05) is 12.6 Å². The van der Waals surface area contributed by atoms with Crippen molar-refractivity contribution < 1.29 is 0 Å². The molecule has 0 bridgehead atoms. The summed E-state index contributed by atoms with van der Waals surface area (Å²) in [6.07, 6.45) is 3.72. The van der Waals surface area contributed by atoms with E-state index in [1.807, 2.05) is 0 Å². The number of imidazole rings is 1. The first kappa shape index (κ1) is 12.6. The Morgan fingerprint density at radius 2 is 2.17 bits per heavy atom. The molecule has 0 aliphatic rings. The number of fused-ring (bicyclic) bond motifs is 1. The fourth-order valence-electron chi connectivity index (χ4n) is 1.59. The van der Waals surface area contributed by atoms with Gasteiger partial charge in [0.2, 0.25) is 5.95 Å². The molecule has 0 fully saturated rings. The summed E-state index contributed by atoms with van der Waals surface area (Å²) in [7, 11) is 0. The van der Waals surface area contributed by atoms with Gasteiger partial charge in [-0.15, -0.1) is 0 Å². The van der Waals surface area contributed by atoms with Crippen LogP contribution in [-0.2, 0) is 0 Å². The van der Waals surface area contributed by atoms with Crippen molar-refractivity contribution in [1.29, 1.82) is 0 Å². The second-order valence-electron chi connectivity index (χ2n) is 4.38. The third-order valence-electron chi connectivity index (χ3n) is 2.81. The Hall–Kier alpha value is -1.85. The fraction of sp³-hybridized carbons (Fsp3) is 0.583. The summed E-state index contributed by atoms with van der Waals surface area (Å²) in [4.78, 5) is 16.1. The van der Waals surface area contributed by atoms with Crippen molar-refractivity contribution >= 4 is 22.9 Å². The van der Waals surface area contributed by atoms with Crippen LogP contribution >= 0.6 is 0 Å². The van der Waals surface area contributed by atoms with Gasteiger partial charge in [-0.3, -0.25) is 0 Å². The molecule has 0 spiro atoms. The minimum absolute atomic E-state index is 0.366. The normalized spacial score (nSPS) is 12.6. The van der Waals surface area contributed by atoms with Gasteiger partial charge in [0.25, 0.3) is 0 Å². The number of aromatic nitrogens is 4. The molecule has 2 aromatic heterocycles. The van der Waals surface area contributed by atoms with Crippen molar-refractivity contribution in [2.45, 2.75) is 39.7 Å². The van der Waals surface area contributed by atoms with Gasteiger partial charge in [-0.1, -0.05) is 13.8 Å². The van der Waals surface area contributed by atoms with Gasteiger partial charge in [-0.05, 0) is 19.8 Å². The van der Waals surface area contributed by atoms with E-state index in [1.165, 1.54) is 0 Å². The van der Waals surface area contributed by atoms with E-state index in [0.29, 0.717) is 17.6 Å². The second-order valence-corrected chi connectivity index (χ2v) is 4.38. The Morgan fingerprint density at radius 1 is 1.33 bits per heavy atom. The van der Waals surface area contributed by atoms with Gasteiger partial charge < -0.3 is 15.6 Å². The van der Waals surface area contributed by atoms with Crippen LogP contribution in [0.1, 0.15) is 33.6 Å². The maximum absolute atomic E-state index is 4.49. The molecule has 0 aliphatic heterocycles. The molecule has 2 heterocycles. The third-order valence-corrected chi connectivity index (χ3v) is 2.81. The van der Waals surface area contributed by atoms with Crippen LogP contribution in [0.3, 0.4) is 0 Å². The first-order chi connectivity index (χ1) is 8.74. The van der Waals surface area contributed by atoms with Crippen molar-refractivity contribution in [3.05, 3.63) is 6.33 Å². The van der Waals surface area contributed by atoms with Crippen molar-refractivity contribution in [2.24, 2.45) is 0 Å². The molecule has 3 N–H and O–H groups in total. The lowest BCUT2D eigenvalue weighted by atomic mass is 10.2. The lowest BCUT2D eigenvalue weighted by molar-refractivity contribution is 0.760. The van der Waals surface area contributed by atoms with Crippen LogP contribution in [0.25, 0.3) is 11.2 Å². The number of hydrogen-bond donors (Lipinski definition) is 3. The summed E-state index contributed by atoms with van der Waals surface area (Å²) in [6.45, 7) is 7.24. The molecule has 0 aliphatic carbocycles. The van der Waals surface area contributed by atoms with Crippen LogP contribution in [0.5, 0.6) is 0 Å². The topological polar surface area (TPSA) is 78.5 Å². The zero-order valence-corrected chi connectivity index (χ0v) is 11.1. The molecule has 0 saturated heterocycles. The Kier molecular flexibility index (Phi) is 3.96. The molecule has 0 radical (unpaired) electrons. The van der Waals surface area contributed by atoms with E-state index < -0.39 is 0 Å². The first-order valence-electron chi connectivity index (χ1n) is 6.46. The Bertz CT molecular complexity index is 506. The number of nitrogens with one attached hydrogen (secondary N) is 3. The average Bonchev–Trinajstić information content (AvgIpc) is 2.84. The maximum atomic E-state index is 4.49. The van der Waals surface area contributed by atoms with E-state index in [1.54, 1.807) is 6.33 Å². The summed E-state index contributed by atoms with van der Waals surface area (Å²) in [5, 5.41) is 6.57. The predicted octanol–water partition coefficient (Wildman–Crippen LogP) is 2.39. The number of anilines is 2. The number of H-pyrrole nitrogens is 1. The Balaban J connectivity index is 2.32. The van der Waals surface area contributed by atoms with Crippen molar-refractivity contribution in [1.82, 2.24) is 19.9 Å². The van der Waals surface area contributed by atoms with E-state index >= 15 is 0 Å². The molecule has 1 unspecified atom stereocenters. The number of nitrogens with zero attached hydrogens (tertiary/aromatic N) is 3. The van der Waals surface area contributed by atoms with Crippen LogP contribution < -0.4 is 10.6 Å². The first-order valence-corrected chi connectivity index (χ1v) is 6.46. The van der Waals surface area contributed by atoms with Gasteiger partial charge in [0.1, 0.15) is 5.52 Å². The molecular formula is C12H20N6. The zero-order valence-electron chi connectivity index (χ0n) is 11.1. The van der Waals surface area contributed by atoms with Gasteiger partial charge in [0.05, 0.1) is 6.33 Å². The highest BCUT2D eigenvalue weighted by Crippen LogP contribution is 2.19. The summed E-state index contributed by atoms with van der Waals surface area (Å²) < 4.78 is 0. The molecule has 1 atom stereocenters. The Morgan fingerprint density at radius 3 is 2.89 bits per heavy atom. The number of rotatable bonds is 6. The fourth-order valence-corrected chi connectivity index (χ4v) is 1.59. The van der Waals surface area contributed by atoms with E-state index in [2.05, 4.69) is 51.3 Å². The molecule has 2 aromatic rings. The molecule has 0 amide bonds. The molecule has 98 valence electrons. The minimum atomic E-state index is 0.366. The molecular weight excluding hydrogens is 228 g/mol. The summed E-state index contributed by atoms with van der Waals surface area (Å²) in [6, 6.07) is 0.366. The molecule has 18 heavy (non-hydrogen) atoms. The quantitative estimate of drug-likeness (QED) is 0.731. The van der Waals surface area contributed by atoms with Crippen molar-refractivity contribution in [2.75, 3.05) is 17.2 Å². The Labute approximate surface area is 107 Å². The molecule has 6 heteroatoms. The largest absolute Gasteiger partial charge is 0.366 e. The van der Waals surface area contributed by atoms with Crippen LogP contribution in [0.4, 0.5) is 11.8 Å². The van der Waals surface area contributed by atoms with Gasteiger partial charge >= 0.3 is 0 Å². The van der Waals surface area contributed by atoms with Crippen molar-refractivity contribution in [3.8, 4) is 0 Å². The SMILES string of the molecule is CCCNc1nc(NC(C)CC)c2[nH]cnc2n1. The smallest absolute Gasteiger partial charge is 0.226 e. The average molecular weight is 248 g/mol. The van der Waals surface area contributed by atoms with Crippen LogP contribution in [0, 0.1) is 0 Å². The third kappa shape index (κ3) is 2.69. The standard InChI is InChI=1S/C12H20N6/c1-4-6-13-12-17-10-9(14-7-15-10)11(18-12)16-8(3)5-2/h7-8H,4-6H2,1-3H3,(H3,13,14,15,16,17,18). The zero-order chi connectivity index (χ0) is 13.0. The highest BCUT2D eigenvalue weighted by atomic mass is 15.2. The molecule has 2 rings (SSSR count). The van der Waals surface area contributed by atoms with Crippen LogP contribution in [0.15, 0.2) is 6.33 Å². The number of hydrogen-bond acceptors (Lipinski definition) is 5. The van der Waals surface area contributed by atoms with E-state index in [9.17, 15) is 0 Å². The monoisotopic (exact) mass is 248 g/mol. The highest BCUT2D eigenvalue weighted by molar-refractivity contribution is 5.83. The van der Waals surface area contributed by atoms with E-state index in [4.69, 9.17) is 0 Å². The van der Waals surface area contributed by atoms with E-state index in [-0.39, 0.29) is 0 Å². The highest BCUT2D eigenvalue weighted by Gasteiger charge is 2.11. The lowest BCUT2D eigenvalue weighted by Gasteiger charge is -2.13.